The van der Waals surface area contributed by atoms with Crippen LogP contribution in [0.1, 0.15) is 18.5 Å². The zero-order valence-electron chi connectivity index (χ0n) is 17.6. The molecule has 4 heterocycles. The molecule has 1 aliphatic carbocycles. The van der Waals surface area contributed by atoms with Crippen molar-refractivity contribution < 1.29 is 8.78 Å². The summed E-state index contributed by atoms with van der Waals surface area (Å²) in [6, 6.07) is 11.2. The maximum absolute atomic E-state index is 14.8. The summed E-state index contributed by atoms with van der Waals surface area (Å²) < 4.78 is 30.2. The first kappa shape index (κ1) is 19.3. The average molecular weight is 432 g/mol. The lowest BCUT2D eigenvalue weighted by Crippen LogP contribution is -2.52. The monoisotopic (exact) mass is 432 g/mol. The molecule has 1 saturated heterocycles. The molecule has 1 aromatic carbocycles. The van der Waals surface area contributed by atoms with Gasteiger partial charge >= 0.3 is 0 Å². The predicted octanol–water partition coefficient (Wildman–Crippen LogP) is 4.01. The lowest BCUT2D eigenvalue weighted by atomic mass is 10.2. The lowest BCUT2D eigenvalue weighted by molar-refractivity contribution is 0.440. The zero-order valence-corrected chi connectivity index (χ0v) is 17.6. The van der Waals surface area contributed by atoms with Gasteiger partial charge in [0.25, 0.3) is 0 Å². The number of nitrogens with zero attached hydrogens (tertiary/aromatic N) is 5. The third-order valence-corrected chi connectivity index (χ3v) is 6.35. The highest BCUT2D eigenvalue weighted by Crippen LogP contribution is 2.39. The smallest absolute Gasteiger partial charge is 0.167 e. The van der Waals surface area contributed by atoms with Crippen LogP contribution in [0.4, 0.5) is 14.6 Å². The van der Waals surface area contributed by atoms with E-state index in [-0.39, 0.29) is 11.1 Å². The molecule has 6 rings (SSSR count). The predicted molar refractivity (Wildman–Crippen MR) is 119 cm³/mol. The molecule has 2 aliphatic rings. The Kier molecular flexibility index (Phi) is 4.26. The summed E-state index contributed by atoms with van der Waals surface area (Å²) in [6.07, 6.45) is 4.08. The number of halogens is 2. The number of nitrogens with one attached hydrogen (secondary N) is 1. The Morgan fingerprint density at radius 1 is 1.03 bits per heavy atom. The largest absolute Gasteiger partial charge is 0.353 e. The van der Waals surface area contributed by atoms with Gasteiger partial charge in [-0.2, -0.15) is 0 Å². The zero-order chi connectivity index (χ0) is 21.9. The summed E-state index contributed by atoms with van der Waals surface area (Å²) in [5.74, 6) is -0.0258. The number of pyridine rings is 2. The van der Waals surface area contributed by atoms with E-state index in [1.807, 2.05) is 35.8 Å². The van der Waals surface area contributed by atoms with Gasteiger partial charge in [-0.25, -0.2) is 18.7 Å². The summed E-state index contributed by atoms with van der Waals surface area (Å²) in [7, 11) is 0. The summed E-state index contributed by atoms with van der Waals surface area (Å²) in [5.41, 5.74) is 3.33. The van der Waals surface area contributed by atoms with Crippen molar-refractivity contribution in [2.45, 2.75) is 25.3 Å². The minimum Gasteiger partial charge on any atom is -0.353 e. The van der Waals surface area contributed by atoms with Crippen molar-refractivity contribution in [1.29, 1.82) is 0 Å². The maximum Gasteiger partial charge on any atom is 0.167 e. The van der Waals surface area contributed by atoms with Crippen molar-refractivity contribution in [3.05, 3.63) is 66.0 Å². The summed E-state index contributed by atoms with van der Waals surface area (Å²) in [6.45, 7) is 4.62. The van der Waals surface area contributed by atoms with Crippen molar-refractivity contribution in [2.24, 2.45) is 0 Å². The molecule has 0 radical (unpaired) electrons. The molecule has 8 heteroatoms. The van der Waals surface area contributed by atoms with E-state index in [1.165, 1.54) is 25.0 Å². The summed E-state index contributed by atoms with van der Waals surface area (Å²) in [4.78, 5) is 16.3. The van der Waals surface area contributed by atoms with E-state index in [0.717, 1.165) is 42.9 Å². The molecule has 1 saturated carbocycles. The summed E-state index contributed by atoms with van der Waals surface area (Å²) >= 11 is 0. The first-order valence-corrected chi connectivity index (χ1v) is 10.8. The van der Waals surface area contributed by atoms with E-state index in [9.17, 15) is 8.78 Å². The van der Waals surface area contributed by atoms with Gasteiger partial charge in [-0.05, 0) is 56.2 Å². The van der Waals surface area contributed by atoms with E-state index in [1.54, 1.807) is 6.20 Å². The van der Waals surface area contributed by atoms with Crippen LogP contribution in [-0.4, -0.2) is 44.7 Å². The maximum atomic E-state index is 14.8. The van der Waals surface area contributed by atoms with Gasteiger partial charge < -0.3 is 10.2 Å². The van der Waals surface area contributed by atoms with Gasteiger partial charge in [-0.1, -0.05) is 0 Å². The van der Waals surface area contributed by atoms with Crippen LogP contribution in [-0.2, 0) is 0 Å². The quantitative estimate of drug-likeness (QED) is 0.530. The molecule has 3 aromatic heterocycles. The second kappa shape index (κ2) is 7.06. The van der Waals surface area contributed by atoms with Crippen molar-refractivity contribution in [3.8, 4) is 17.1 Å². The Hall–Kier alpha value is -3.39. The number of hydrogen-bond donors (Lipinski definition) is 1. The second-order valence-corrected chi connectivity index (χ2v) is 8.69. The van der Waals surface area contributed by atoms with Crippen molar-refractivity contribution in [3.63, 3.8) is 0 Å². The van der Waals surface area contributed by atoms with Crippen molar-refractivity contribution >= 4 is 17.0 Å². The number of benzene rings is 1. The third kappa shape index (κ3) is 3.22. The molecule has 1 N–H and O–H groups in total. The van der Waals surface area contributed by atoms with Crippen molar-refractivity contribution in [2.75, 3.05) is 24.5 Å². The van der Waals surface area contributed by atoms with Crippen LogP contribution in [0, 0.1) is 18.6 Å². The second-order valence-electron chi connectivity index (χ2n) is 8.69. The Morgan fingerprint density at radius 3 is 2.69 bits per heavy atom. The molecule has 0 unspecified atom stereocenters. The van der Waals surface area contributed by atoms with E-state index in [0.29, 0.717) is 17.0 Å². The standard InChI is InChI=1S/C24H22F2N6/c1-15-12-17(6-9-27-15)32-22(18-3-2-16(25)13-19(18)26)29-20-4-5-21(30-23(20)32)31-11-10-28-24(14-31)7-8-24/h2-6,9,12-13,28H,7-8,10-11,14H2,1H3. The number of fused-ring (bicyclic) bond motifs is 1. The van der Waals surface area contributed by atoms with Gasteiger partial charge in [0.15, 0.2) is 5.65 Å². The van der Waals surface area contributed by atoms with Crippen molar-refractivity contribution in [1.82, 2.24) is 24.8 Å². The van der Waals surface area contributed by atoms with Gasteiger partial charge in [0.2, 0.25) is 0 Å². The average Bonchev–Trinajstić information content (AvgIpc) is 3.40. The fraction of sp³-hybridized carbons (Fsp3) is 0.292. The Balaban J connectivity index is 1.55. The number of rotatable bonds is 3. The van der Waals surface area contributed by atoms with Gasteiger partial charge in [0, 0.05) is 43.1 Å². The Bertz CT molecular complexity index is 1340. The third-order valence-electron chi connectivity index (χ3n) is 6.35. The fourth-order valence-electron chi connectivity index (χ4n) is 4.53. The Morgan fingerprint density at radius 2 is 1.91 bits per heavy atom. The highest BCUT2D eigenvalue weighted by molar-refractivity contribution is 5.81. The van der Waals surface area contributed by atoms with Gasteiger partial charge in [0.1, 0.15) is 28.8 Å². The molecule has 1 spiro atoms. The van der Waals surface area contributed by atoms with Crippen LogP contribution in [0.2, 0.25) is 0 Å². The van der Waals surface area contributed by atoms with Crippen LogP contribution in [0.15, 0.2) is 48.7 Å². The molecule has 0 amide bonds. The highest BCUT2D eigenvalue weighted by atomic mass is 19.1. The normalized spacial score (nSPS) is 17.3. The number of aromatic nitrogens is 4. The number of aryl methyl sites for hydroxylation is 1. The molecule has 2 fully saturated rings. The van der Waals surface area contributed by atoms with Gasteiger partial charge in [-0.3, -0.25) is 9.55 Å². The SMILES string of the molecule is Cc1cc(-n2c(-c3ccc(F)cc3F)nc3ccc(N4CCNC5(CC5)C4)nc32)ccn1. The van der Waals surface area contributed by atoms with Crippen LogP contribution in [0.25, 0.3) is 28.2 Å². The first-order chi connectivity index (χ1) is 15.5. The molecule has 162 valence electrons. The number of hydrogen-bond acceptors (Lipinski definition) is 5. The summed E-state index contributed by atoms with van der Waals surface area (Å²) in [5, 5.41) is 3.62. The number of anilines is 1. The van der Waals surface area contributed by atoms with E-state index in [4.69, 9.17) is 9.97 Å². The fourth-order valence-corrected chi connectivity index (χ4v) is 4.53. The van der Waals surface area contributed by atoms with Crippen LogP contribution in [0.3, 0.4) is 0 Å². The number of imidazole rings is 1. The molecule has 32 heavy (non-hydrogen) atoms. The van der Waals surface area contributed by atoms with E-state index < -0.39 is 11.6 Å². The van der Waals surface area contributed by atoms with Crippen LogP contribution in [0.5, 0.6) is 0 Å². The lowest BCUT2D eigenvalue weighted by Gasteiger charge is -2.34. The van der Waals surface area contributed by atoms with E-state index in [2.05, 4.69) is 15.2 Å². The molecule has 0 bridgehead atoms. The highest BCUT2D eigenvalue weighted by Gasteiger charge is 2.45. The minimum absolute atomic E-state index is 0.222. The molecular weight excluding hydrogens is 410 g/mol. The van der Waals surface area contributed by atoms with Crippen LogP contribution < -0.4 is 10.2 Å². The van der Waals surface area contributed by atoms with Crippen LogP contribution >= 0.6 is 0 Å². The topological polar surface area (TPSA) is 58.9 Å². The minimum atomic E-state index is -0.662. The van der Waals surface area contributed by atoms with E-state index >= 15 is 0 Å². The molecule has 1 aliphatic heterocycles. The first-order valence-electron chi connectivity index (χ1n) is 10.8. The molecular formula is C24H22F2N6. The number of piperazine rings is 1. The van der Waals surface area contributed by atoms with Gasteiger partial charge in [-0.15, -0.1) is 0 Å². The molecule has 4 aromatic rings. The Labute approximate surface area is 183 Å². The molecule has 0 atom stereocenters. The molecule has 6 nitrogen and oxygen atoms in total. The van der Waals surface area contributed by atoms with Gasteiger partial charge in [0.05, 0.1) is 11.3 Å².